The minimum atomic E-state index is -3.85. The van der Waals surface area contributed by atoms with E-state index in [2.05, 4.69) is 10.3 Å². The third kappa shape index (κ3) is 3.41. The lowest BCUT2D eigenvalue weighted by Crippen LogP contribution is -2.12. The summed E-state index contributed by atoms with van der Waals surface area (Å²) in [5.74, 6) is -0.460. The van der Waals surface area contributed by atoms with Gasteiger partial charge in [0.15, 0.2) is 9.34 Å². The Balaban J connectivity index is 2.31. The number of nitrogens with zero attached hydrogens (tertiary/aromatic N) is 1. The Morgan fingerprint density at radius 1 is 1.38 bits per heavy atom. The number of hydrogen-bond donors (Lipinski definition) is 2. The van der Waals surface area contributed by atoms with Crippen molar-refractivity contribution in [1.82, 2.24) is 4.98 Å². The summed E-state index contributed by atoms with van der Waals surface area (Å²) >= 11 is 6.87. The van der Waals surface area contributed by atoms with E-state index in [0.29, 0.717) is 10.6 Å². The zero-order valence-corrected chi connectivity index (χ0v) is 13.6. The SMILES string of the molecule is Cc1cccc(C(=O)Nc2nc(C)c(S(N)(=O)=O)s2)c1Cl. The largest absolute Gasteiger partial charge is 0.298 e. The fourth-order valence-corrected chi connectivity index (χ4v) is 3.75. The molecule has 1 heterocycles. The van der Waals surface area contributed by atoms with E-state index < -0.39 is 15.9 Å². The van der Waals surface area contributed by atoms with Crippen molar-refractivity contribution in [1.29, 1.82) is 0 Å². The second-order valence-electron chi connectivity index (χ2n) is 4.33. The molecule has 1 aromatic carbocycles. The molecule has 6 nitrogen and oxygen atoms in total. The molecule has 2 aromatic rings. The Hall–Kier alpha value is -1.48. The van der Waals surface area contributed by atoms with Crippen molar-refractivity contribution >= 4 is 44.0 Å². The number of nitrogens with one attached hydrogen (secondary N) is 1. The maximum absolute atomic E-state index is 12.1. The molecule has 0 saturated carbocycles. The summed E-state index contributed by atoms with van der Waals surface area (Å²) in [6.07, 6.45) is 0. The number of carbonyl (C=O) groups excluding carboxylic acids is 1. The van der Waals surface area contributed by atoms with E-state index in [9.17, 15) is 13.2 Å². The van der Waals surface area contributed by atoms with Gasteiger partial charge in [-0.15, -0.1) is 0 Å². The van der Waals surface area contributed by atoms with Gasteiger partial charge in [0, 0.05) is 0 Å². The number of sulfonamides is 1. The van der Waals surface area contributed by atoms with Crippen LogP contribution in [0.3, 0.4) is 0 Å². The summed E-state index contributed by atoms with van der Waals surface area (Å²) in [6.45, 7) is 3.29. The van der Waals surface area contributed by atoms with Crippen LogP contribution in [0.15, 0.2) is 22.4 Å². The smallest absolute Gasteiger partial charge is 0.258 e. The van der Waals surface area contributed by atoms with Gasteiger partial charge >= 0.3 is 0 Å². The molecule has 0 radical (unpaired) electrons. The molecule has 0 saturated heterocycles. The number of amides is 1. The monoisotopic (exact) mass is 345 g/mol. The highest BCUT2D eigenvalue weighted by Gasteiger charge is 2.20. The predicted molar refractivity (Wildman–Crippen MR) is 82.4 cm³/mol. The van der Waals surface area contributed by atoms with Crippen LogP contribution in [0.5, 0.6) is 0 Å². The second kappa shape index (κ2) is 5.72. The van der Waals surface area contributed by atoms with Gasteiger partial charge in [0.2, 0.25) is 10.0 Å². The number of thiazole rings is 1. The second-order valence-corrected chi connectivity index (χ2v) is 7.46. The van der Waals surface area contributed by atoms with Crippen molar-refractivity contribution in [3.63, 3.8) is 0 Å². The van der Waals surface area contributed by atoms with Gasteiger partial charge in [-0.2, -0.15) is 0 Å². The standard InChI is InChI=1S/C12H12ClN3O3S2/c1-6-4-3-5-8(9(6)13)10(17)16-12-15-7(2)11(20-12)21(14,18)19/h3-5H,1-2H3,(H2,14,18,19)(H,15,16,17). The van der Waals surface area contributed by atoms with E-state index >= 15 is 0 Å². The van der Waals surface area contributed by atoms with Gasteiger partial charge in [0.05, 0.1) is 16.3 Å². The first-order chi connectivity index (χ1) is 9.70. The molecule has 0 bridgehead atoms. The molecule has 0 spiro atoms. The topological polar surface area (TPSA) is 102 Å². The summed E-state index contributed by atoms with van der Waals surface area (Å²) in [6, 6.07) is 5.07. The molecule has 0 atom stereocenters. The number of anilines is 1. The molecular formula is C12H12ClN3O3S2. The fraction of sp³-hybridized carbons (Fsp3) is 0.167. The zero-order chi connectivity index (χ0) is 15.8. The Kier molecular flexibility index (Phi) is 4.33. The number of aromatic nitrogens is 1. The highest BCUT2D eigenvalue weighted by molar-refractivity contribution is 7.91. The van der Waals surface area contributed by atoms with Crippen LogP contribution in [0.2, 0.25) is 5.02 Å². The normalized spacial score (nSPS) is 11.4. The van der Waals surface area contributed by atoms with Crippen LogP contribution in [-0.4, -0.2) is 19.3 Å². The number of benzene rings is 1. The summed E-state index contributed by atoms with van der Waals surface area (Å²) in [7, 11) is -3.85. The average Bonchev–Trinajstić information content (AvgIpc) is 2.73. The minimum Gasteiger partial charge on any atom is -0.298 e. The number of carbonyl (C=O) groups is 1. The van der Waals surface area contributed by atoms with Crippen LogP contribution >= 0.6 is 22.9 Å². The van der Waals surface area contributed by atoms with Gasteiger partial charge in [0.1, 0.15) is 0 Å². The van der Waals surface area contributed by atoms with Gasteiger partial charge < -0.3 is 0 Å². The Labute approximate surface area is 131 Å². The summed E-state index contributed by atoms with van der Waals surface area (Å²) < 4.78 is 22.6. The van der Waals surface area contributed by atoms with Crippen LogP contribution in [0.4, 0.5) is 5.13 Å². The van der Waals surface area contributed by atoms with Crippen molar-refractivity contribution in [2.75, 3.05) is 5.32 Å². The fourth-order valence-electron chi connectivity index (χ4n) is 1.69. The minimum absolute atomic E-state index is 0.0758. The molecule has 0 aliphatic carbocycles. The van der Waals surface area contributed by atoms with E-state index in [1.807, 2.05) is 0 Å². The highest BCUT2D eigenvalue weighted by Crippen LogP contribution is 2.27. The van der Waals surface area contributed by atoms with Crippen LogP contribution in [-0.2, 0) is 10.0 Å². The third-order valence-corrected chi connectivity index (χ3v) is 5.80. The first-order valence-corrected chi connectivity index (χ1v) is 8.51. The number of nitrogens with two attached hydrogens (primary N) is 1. The lowest BCUT2D eigenvalue weighted by molar-refractivity contribution is 0.102. The maximum atomic E-state index is 12.1. The molecular weight excluding hydrogens is 334 g/mol. The molecule has 112 valence electrons. The highest BCUT2D eigenvalue weighted by atomic mass is 35.5. The predicted octanol–water partition coefficient (Wildman–Crippen LogP) is 2.31. The number of rotatable bonds is 3. The Bertz CT molecular complexity index is 815. The molecule has 2 rings (SSSR count). The van der Waals surface area contributed by atoms with E-state index in [-0.39, 0.29) is 15.0 Å². The average molecular weight is 346 g/mol. The lowest BCUT2D eigenvalue weighted by atomic mass is 10.1. The molecule has 9 heteroatoms. The van der Waals surface area contributed by atoms with Gasteiger partial charge in [-0.3, -0.25) is 10.1 Å². The summed E-state index contributed by atoms with van der Waals surface area (Å²) in [5.41, 5.74) is 1.31. The van der Waals surface area contributed by atoms with Gasteiger partial charge in [-0.05, 0) is 25.5 Å². The first-order valence-electron chi connectivity index (χ1n) is 5.77. The first kappa shape index (κ1) is 15.9. The van der Waals surface area contributed by atoms with Crippen LogP contribution < -0.4 is 10.5 Å². The molecule has 1 amide bonds. The molecule has 21 heavy (non-hydrogen) atoms. The van der Waals surface area contributed by atoms with Crippen molar-refractivity contribution < 1.29 is 13.2 Å². The number of halogens is 1. The zero-order valence-electron chi connectivity index (χ0n) is 11.2. The number of hydrogen-bond acceptors (Lipinski definition) is 5. The van der Waals surface area contributed by atoms with Gasteiger partial charge in [0.25, 0.3) is 5.91 Å². The molecule has 0 aliphatic rings. The van der Waals surface area contributed by atoms with E-state index in [4.69, 9.17) is 16.7 Å². The van der Waals surface area contributed by atoms with Gasteiger partial charge in [-0.25, -0.2) is 18.5 Å². The maximum Gasteiger partial charge on any atom is 0.258 e. The Morgan fingerprint density at radius 3 is 2.62 bits per heavy atom. The molecule has 1 aromatic heterocycles. The lowest BCUT2D eigenvalue weighted by Gasteiger charge is -2.05. The Morgan fingerprint density at radius 2 is 2.05 bits per heavy atom. The van der Waals surface area contributed by atoms with E-state index in [0.717, 1.165) is 16.9 Å². The van der Waals surface area contributed by atoms with E-state index in [1.54, 1.807) is 25.1 Å². The molecule has 0 fully saturated rings. The van der Waals surface area contributed by atoms with Crippen molar-refractivity contribution in [2.24, 2.45) is 5.14 Å². The quantitative estimate of drug-likeness (QED) is 0.890. The van der Waals surface area contributed by atoms with Crippen molar-refractivity contribution in [2.45, 2.75) is 18.1 Å². The summed E-state index contributed by atoms with van der Waals surface area (Å²) in [4.78, 5) is 16.1. The summed E-state index contributed by atoms with van der Waals surface area (Å²) in [5, 5.41) is 8.08. The van der Waals surface area contributed by atoms with Crippen molar-refractivity contribution in [3.8, 4) is 0 Å². The third-order valence-electron chi connectivity index (χ3n) is 2.67. The molecule has 3 N–H and O–H groups in total. The van der Waals surface area contributed by atoms with E-state index in [1.165, 1.54) is 6.92 Å². The molecule has 0 aliphatic heterocycles. The van der Waals surface area contributed by atoms with Gasteiger partial charge in [-0.1, -0.05) is 35.1 Å². The van der Waals surface area contributed by atoms with Crippen LogP contribution in [0, 0.1) is 13.8 Å². The number of primary sulfonamides is 1. The number of aryl methyl sites for hydroxylation is 2. The van der Waals surface area contributed by atoms with Crippen LogP contribution in [0.1, 0.15) is 21.6 Å². The molecule has 0 unspecified atom stereocenters. The van der Waals surface area contributed by atoms with Crippen molar-refractivity contribution in [3.05, 3.63) is 40.0 Å². The van der Waals surface area contributed by atoms with Crippen LogP contribution in [0.25, 0.3) is 0 Å².